The van der Waals surface area contributed by atoms with Crippen LogP contribution in [-0.4, -0.2) is 76.7 Å². The molecule has 1 aromatic carbocycles. The van der Waals surface area contributed by atoms with Crippen molar-refractivity contribution in [3.05, 3.63) is 49.6 Å². The molecule has 2 unspecified atom stereocenters. The summed E-state index contributed by atoms with van der Waals surface area (Å²) in [7, 11) is 1.58. The quantitative estimate of drug-likeness (QED) is 0.231. The van der Waals surface area contributed by atoms with Gasteiger partial charge in [-0.05, 0) is 63.3 Å². The maximum absolute atomic E-state index is 14.4. The molecule has 38 heavy (non-hydrogen) atoms. The Hall–Kier alpha value is -2.78. The molecule has 0 aromatic heterocycles. The number of methoxy groups -OCH3 is 1. The average molecular weight is 543 g/mol. The molecule has 1 spiro atoms. The third kappa shape index (κ3) is 4.86. The van der Waals surface area contributed by atoms with Gasteiger partial charge in [0.05, 0.1) is 42.9 Å². The van der Waals surface area contributed by atoms with Crippen molar-refractivity contribution in [2.75, 3.05) is 31.8 Å². The second-order valence-electron chi connectivity index (χ2n) is 10.2. The van der Waals surface area contributed by atoms with Crippen LogP contribution in [0.25, 0.3) is 0 Å². The van der Waals surface area contributed by atoms with E-state index in [1.165, 1.54) is 4.90 Å². The summed E-state index contributed by atoms with van der Waals surface area (Å²) >= 11 is 1.59. The van der Waals surface area contributed by atoms with E-state index >= 15 is 0 Å². The lowest BCUT2D eigenvalue weighted by molar-refractivity contribution is -0.154. The summed E-state index contributed by atoms with van der Waals surface area (Å²) in [5.41, 5.74) is 0.660. The predicted molar refractivity (Wildman–Crippen MR) is 148 cm³/mol. The maximum Gasteiger partial charge on any atom is 0.310 e. The number of hydrogen-bond donors (Lipinski definition) is 1. The highest BCUT2D eigenvalue weighted by Gasteiger charge is 2.74. The highest BCUT2D eigenvalue weighted by Crippen LogP contribution is 2.67. The molecule has 4 rings (SSSR count). The van der Waals surface area contributed by atoms with Gasteiger partial charge in [-0.2, -0.15) is 0 Å². The van der Waals surface area contributed by atoms with Crippen LogP contribution in [0.1, 0.15) is 39.0 Å². The van der Waals surface area contributed by atoms with Crippen molar-refractivity contribution < 1.29 is 29.0 Å². The summed E-state index contributed by atoms with van der Waals surface area (Å²) in [4.78, 5) is 44.8. The van der Waals surface area contributed by atoms with Crippen LogP contribution in [0.4, 0.5) is 5.69 Å². The minimum absolute atomic E-state index is 0.0691. The number of esters is 1. The molecule has 6 atom stereocenters. The van der Waals surface area contributed by atoms with E-state index in [9.17, 15) is 19.5 Å². The molecule has 1 aromatic rings. The zero-order valence-electron chi connectivity index (χ0n) is 22.2. The van der Waals surface area contributed by atoms with Crippen LogP contribution in [0.5, 0.6) is 5.75 Å². The van der Waals surface area contributed by atoms with E-state index in [1.54, 1.807) is 61.0 Å². The number of rotatable bonds is 13. The SMILES string of the molecule is C=CCCCCOC(=O)[C@@H]1[C@H]2C(=O)N([C@H](C)CO)C(C(=O)N(CC=C)c3ccc(OC)cc3)C23CC[C@H]1S3. The van der Waals surface area contributed by atoms with Crippen molar-refractivity contribution in [1.29, 1.82) is 0 Å². The van der Waals surface area contributed by atoms with Crippen LogP contribution in [0.3, 0.4) is 0 Å². The normalized spacial score (nSPS) is 28.1. The van der Waals surface area contributed by atoms with E-state index in [0.717, 1.165) is 25.7 Å². The smallest absolute Gasteiger partial charge is 0.310 e. The molecule has 0 saturated carbocycles. The summed E-state index contributed by atoms with van der Waals surface area (Å²) in [5, 5.41) is 10.00. The van der Waals surface area contributed by atoms with Crippen molar-refractivity contribution in [3.8, 4) is 5.75 Å². The number of unbranched alkanes of at least 4 members (excludes halogenated alkanes) is 2. The molecule has 8 nitrogen and oxygen atoms in total. The molecule has 206 valence electrons. The van der Waals surface area contributed by atoms with Crippen molar-refractivity contribution in [2.24, 2.45) is 11.8 Å². The molecule has 1 N–H and O–H groups in total. The fourth-order valence-electron chi connectivity index (χ4n) is 6.22. The Labute approximate surface area is 229 Å². The van der Waals surface area contributed by atoms with E-state index in [4.69, 9.17) is 9.47 Å². The average Bonchev–Trinajstić information content (AvgIpc) is 3.58. The van der Waals surface area contributed by atoms with E-state index in [-0.39, 0.29) is 36.2 Å². The number of nitrogens with zero attached hydrogens (tertiary/aromatic N) is 2. The van der Waals surface area contributed by atoms with Crippen molar-refractivity contribution in [1.82, 2.24) is 4.90 Å². The molecule has 2 amide bonds. The number of fused-ring (bicyclic) bond motifs is 1. The van der Waals surface area contributed by atoms with E-state index in [1.807, 2.05) is 6.08 Å². The van der Waals surface area contributed by atoms with Gasteiger partial charge in [0.2, 0.25) is 5.91 Å². The van der Waals surface area contributed by atoms with Gasteiger partial charge in [0.15, 0.2) is 0 Å². The number of ether oxygens (including phenoxy) is 2. The van der Waals surface area contributed by atoms with Gasteiger partial charge in [0.25, 0.3) is 5.91 Å². The highest BCUT2D eigenvalue weighted by atomic mass is 32.2. The summed E-state index contributed by atoms with van der Waals surface area (Å²) in [6, 6.07) is 5.78. The van der Waals surface area contributed by atoms with Crippen LogP contribution in [0.2, 0.25) is 0 Å². The summed E-state index contributed by atoms with van der Waals surface area (Å²) < 4.78 is 10.2. The molecular weight excluding hydrogens is 504 g/mol. The molecule has 0 radical (unpaired) electrons. The predicted octanol–water partition coefficient (Wildman–Crippen LogP) is 3.59. The largest absolute Gasteiger partial charge is 0.497 e. The number of likely N-dealkylation sites (tertiary alicyclic amines) is 1. The van der Waals surface area contributed by atoms with Crippen LogP contribution in [-0.2, 0) is 19.1 Å². The zero-order valence-corrected chi connectivity index (χ0v) is 23.0. The van der Waals surface area contributed by atoms with Gasteiger partial charge in [-0.3, -0.25) is 14.4 Å². The van der Waals surface area contributed by atoms with Gasteiger partial charge < -0.3 is 24.4 Å². The molecule has 3 aliphatic heterocycles. The molecule has 2 bridgehead atoms. The van der Waals surface area contributed by atoms with E-state index in [2.05, 4.69) is 13.2 Å². The fourth-order valence-corrected chi connectivity index (χ4v) is 8.41. The molecule has 9 heteroatoms. The van der Waals surface area contributed by atoms with Gasteiger partial charge in [-0.1, -0.05) is 12.2 Å². The Morgan fingerprint density at radius 3 is 2.63 bits per heavy atom. The number of carbonyl (C=O) groups excluding carboxylic acids is 3. The van der Waals surface area contributed by atoms with E-state index in [0.29, 0.717) is 24.5 Å². The van der Waals surface area contributed by atoms with Gasteiger partial charge in [0.1, 0.15) is 11.8 Å². The molecular formula is C29H38N2O6S. The Balaban J connectivity index is 1.66. The zero-order chi connectivity index (χ0) is 27.4. The van der Waals surface area contributed by atoms with Gasteiger partial charge in [-0.25, -0.2) is 0 Å². The topological polar surface area (TPSA) is 96.4 Å². The molecule has 3 fully saturated rings. The first-order chi connectivity index (χ1) is 18.3. The van der Waals surface area contributed by atoms with Crippen LogP contribution in [0.15, 0.2) is 49.6 Å². The molecule has 3 aliphatic rings. The fraction of sp³-hybridized carbons (Fsp3) is 0.552. The van der Waals surface area contributed by atoms with Gasteiger partial charge in [0, 0.05) is 17.5 Å². The number of aliphatic hydroxyl groups is 1. The van der Waals surface area contributed by atoms with Crippen molar-refractivity contribution >= 4 is 35.2 Å². The number of thioether (sulfide) groups is 1. The number of hydrogen-bond acceptors (Lipinski definition) is 7. The first kappa shape index (κ1) is 28.2. The van der Waals surface area contributed by atoms with Gasteiger partial charge in [-0.15, -0.1) is 24.9 Å². The Morgan fingerprint density at radius 1 is 1.26 bits per heavy atom. The van der Waals surface area contributed by atoms with Crippen molar-refractivity contribution in [3.63, 3.8) is 0 Å². The molecule has 0 aliphatic carbocycles. The number of allylic oxidation sites excluding steroid dienone is 1. The minimum Gasteiger partial charge on any atom is -0.497 e. The lowest BCUT2D eigenvalue weighted by Crippen LogP contribution is -2.57. The van der Waals surface area contributed by atoms with Crippen molar-refractivity contribution in [2.45, 2.75) is 61.1 Å². The number of benzene rings is 1. The Morgan fingerprint density at radius 2 is 2.00 bits per heavy atom. The van der Waals surface area contributed by atoms with E-state index < -0.39 is 28.7 Å². The summed E-state index contributed by atoms with van der Waals surface area (Å²) in [6.45, 7) is 9.57. The lowest BCUT2D eigenvalue weighted by atomic mass is 9.71. The number of anilines is 1. The second-order valence-corrected chi connectivity index (χ2v) is 11.8. The number of amides is 2. The molecule has 3 heterocycles. The maximum atomic E-state index is 14.4. The Bertz CT molecular complexity index is 1060. The summed E-state index contributed by atoms with van der Waals surface area (Å²) in [5.74, 6) is -1.43. The first-order valence-corrected chi connectivity index (χ1v) is 14.2. The first-order valence-electron chi connectivity index (χ1n) is 13.3. The van der Waals surface area contributed by atoms with Crippen LogP contribution >= 0.6 is 11.8 Å². The third-order valence-corrected chi connectivity index (χ3v) is 9.94. The van der Waals surface area contributed by atoms with Gasteiger partial charge >= 0.3 is 5.97 Å². The standard InChI is InChI=1S/C29H38N2O6S/c1-5-7-8-9-17-37-28(35)23-22-14-15-29(38-22)24(23)26(33)31(19(3)18-32)25(29)27(34)30(16-6-2)20-10-12-21(36-4)13-11-20/h5-6,10-13,19,22-25,32H,1-2,7-9,14-18H2,3-4H3/t19-,22-,23+,24+,25?,29?/m1/s1. The Kier molecular flexibility index (Phi) is 8.88. The number of carbonyl (C=O) groups is 3. The number of aliphatic hydroxyl groups excluding tert-OH is 1. The highest BCUT2D eigenvalue weighted by molar-refractivity contribution is 8.02. The minimum atomic E-state index is -0.815. The lowest BCUT2D eigenvalue weighted by Gasteiger charge is -2.38. The monoisotopic (exact) mass is 542 g/mol. The molecule has 3 saturated heterocycles. The summed E-state index contributed by atoms with van der Waals surface area (Å²) in [6.07, 6.45) is 7.35. The van der Waals surface area contributed by atoms with Crippen LogP contribution < -0.4 is 9.64 Å². The van der Waals surface area contributed by atoms with Crippen LogP contribution in [0, 0.1) is 11.8 Å². The second kappa shape index (κ2) is 11.9. The third-order valence-electron chi connectivity index (χ3n) is 7.99.